The molecule has 0 aliphatic rings. The van der Waals surface area contributed by atoms with Crippen molar-refractivity contribution in [2.45, 2.75) is 5.16 Å². The molecule has 0 atom stereocenters. The number of hydrogen-bond acceptors (Lipinski definition) is 6. The van der Waals surface area contributed by atoms with Gasteiger partial charge in [-0.3, -0.25) is 4.79 Å². The van der Waals surface area contributed by atoms with Gasteiger partial charge in [0.25, 0.3) is 0 Å². The lowest BCUT2D eigenvalue weighted by Crippen LogP contribution is -2.15. The molecule has 0 spiro atoms. The van der Waals surface area contributed by atoms with Crippen molar-refractivity contribution in [3.63, 3.8) is 0 Å². The first-order valence-electron chi connectivity index (χ1n) is 7.38. The molecule has 134 valence electrons. The van der Waals surface area contributed by atoms with E-state index in [9.17, 15) is 9.18 Å². The van der Waals surface area contributed by atoms with E-state index in [0.29, 0.717) is 16.6 Å². The van der Waals surface area contributed by atoms with Crippen LogP contribution in [0, 0.1) is 5.82 Å². The van der Waals surface area contributed by atoms with Crippen LogP contribution >= 0.6 is 23.4 Å². The minimum absolute atomic E-state index is 0.00239. The molecule has 3 aromatic rings. The highest BCUT2D eigenvalue weighted by Gasteiger charge is 2.15. The number of carbonyl (C=O) groups excluding carboxylic acids is 1. The monoisotopic (exact) mass is 393 g/mol. The summed E-state index contributed by atoms with van der Waals surface area (Å²) in [6.07, 6.45) is 0. The second kappa shape index (κ2) is 8.15. The third-order valence-electron chi connectivity index (χ3n) is 3.29. The molecule has 1 heterocycles. The van der Waals surface area contributed by atoms with E-state index in [0.717, 1.165) is 17.8 Å². The number of benzene rings is 2. The summed E-state index contributed by atoms with van der Waals surface area (Å²) in [5.74, 6) is -0.410. The van der Waals surface area contributed by atoms with Crippen molar-refractivity contribution in [2.24, 2.45) is 0 Å². The molecule has 7 nitrogen and oxygen atoms in total. The molecule has 0 saturated heterocycles. The van der Waals surface area contributed by atoms with E-state index in [1.807, 2.05) is 12.1 Å². The summed E-state index contributed by atoms with van der Waals surface area (Å²) in [6.45, 7) is 0. The highest BCUT2D eigenvalue weighted by Crippen LogP contribution is 2.26. The van der Waals surface area contributed by atoms with Crippen molar-refractivity contribution in [2.75, 3.05) is 18.2 Å². The molecule has 1 N–H and O–H groups in total. The number of rotatable bonds is 6. The number of anilines is 1. The zero-order valence-corrected chi connectivity index (χ0v) is 15.1. The van der Waals surface area contributed by atoms with Crippen LogP contribution < -0.4 is 10.1 Å². The number of para-hydroxylation sites is 2. The Balaban J connectivity index is 1.69. The molecule has 10 heteroatoms. The van der Waals surface area contributed by atoms with Gasteiger partial charge in [-0.25, -0.2) is 4.39 Å². The van der Waals surface area contributed by atoms with Gasteiger partial charge in [-0.05, 0) is 40.8 Å². The molecular weight excluding hydrogens is 381 g/mol. The van der Waals surface area contributed by atoms with Gasteiger partial charge < -0.3 is 10.1 Å². The molecule has 0 radical (unpaired) electrons. The number of carbonyl (C=O) groups is 1. The van der Waals surface area contributed by atoms with Crippen LogP contribution in [0.1, 0.15) is 0 Å². The summed E-state index contributed by atoms with van der Waals surface area (Å²) in [5.41, 5.74) is 0.705. The summed E-state index contributed by atoms with van der Waals surface area (Å²) in [4.78, 5) is 12.1. The fourth-order valence-corrected chi connectivity index (χ4v) is 2.97. The Labute approximate surface area is 157 Å². The summed E-state index contributed by atoms with van der Waals surface area (Å²) < 4.78 is 20.5. The Kier molecular flexibility index (Phi) is 5.69. The first-order valence-corrected chi connectivity index (χ1v) is 8.74. The van der Waals surface area contributed by atoms with Gasteiger partial charge >= 0.3 is 0 Å². The zero-order chi connectivity index (χ0) is 18.5. The van der Waals surface area contributed by atoms with Crippen LogP contribution in [-0.2, 0) is 4.79 Å². The van der Waals surface area contributed by atoms with Crippen molar-refractivity contribution < 1.29 is 13.9 Å². The Morgan fingerprint density at radius 2 is 2.15 bits per heavy atom. The largest absolute Gasteiger partial charge is 0.494 e. The predicted octanol–water partition coefficient (Wildman–Crippen LogP) is 3.19. The van der Waals surface area contributed by atoms with Crippen LogP contribution in [0.3, 0.4) is 0 Å². The number of tetrazole rings is 1. The third kappa shape index (κ3) is 4.12. The normalized spacial score (nSPS) is 10.6. The highest BCUT2D eigenvalue weighted by atomic mass is 35.5. The molecule has 0 bridgehead atoms. The van der Waals surface area contributed by atoms with Crippen LogP contribution in [0.4, 0.5) is 10.1 Å². The van der Waals surface area contributed by atoms with E-state index < -0.39 is 11.7 Å². The molecule has 2 aromatic carbocycles. The molecular formula is C16H13ClFN5O2S. The van der Waals surface area contributed by atoms with E-state index in [-0.39, 0.29) is 16.5 Å². The number of methoxy groups -OCH3 is 1. The van der Waals surface area contributed by atoms with Crippen molar-refractivity contribution in [3.05, 3.63) is 53.3 Å². The number of aromatic nitrogens is 4. The van der Waals surface area contributed by atoms with Crippen LogP contribution in [0.15, 0.2) is 47.6 Å². The molecule has 0 unspecified atom stereocenters. The Morgan fingerprint density at radius 3 is 2.92 bits per heavy atom. The Morgan fingerprint density at radius 1 is 1.35 bits per heavy atom. The van der Waals surface area contributed by atoms with Crippen molar-refractivity contribution >= 4 is 35.0 Å². The summed E-state index contributed by atoms with van der Waals surface area (Å²) in [6, 6.07) is 11.3. The van der Waals surface area contributed by atoms with Crippen molar-refractivity contribution in [3.8, 4) is 11.4 Å². The Bertz CT molecular complexity index is 937. The standard InChI is InChI=1S/C16H13ClFN5O2S/c1-25-14-5-3-2-4-13(14)23-16(20-21-22-23)26-9-15(24)19-12-7-6-10(17)8-11(12)18/h2-8H,9H2,1H3,(H,19,24). The summed E-state index contributed by atoms with van der Waals surface area (Å²) >= 11 is 6.81. The average Bonchev–Trinajstić information content (AvgIpc) is 3.10. The molecule has 1 amide bonds. The van der Waals surface area contributed by atoms with Crippen molar-refractivity contribution in [1.29, 1.82) is 0 Å². The van der Waals surface area contributed by atoms with Crippen molar-refractivity contribution in [1.82, 2.24) is 20.2 Å². The molecule has 0 aliphatic carbocycles. The first kappa shape index (κ1) is 18.2. The maximum Gasteiger partial charge on any atom is 0.234 e. The van der Waals surface area contributed by atoms with Crippen LogP contribution in [-0.4, -0.2) is 39.0 Å². The van der Waals surface area contributed by atoms with E-state index in [4.69, 9.17) is 16.3 Å². The number of amides is 1. The highest BCUT2D eigenvalue weighted by molar-refractivity contribution is 7.99. The minimum atomic E-state index is -0.602. The van der Waals surface area contributed by atoms with Crippen LogP contribution in [0.25, 0.3) is 5.69 Å². The lowest BCUT2D eigenvalue weighted by Gasteiger charge is -2.09. The van der Waals surface area contributed by atoms with Gasteiger partial charge in [-0.2, -0.15) is 4.68 Å². The van der Waals surface area contributed by atoms with Crippen LogP contribution in [0.5, 0.6) is 5.75 Å². The predicted molar refractivity (Wildman–Crippen MR) is 96.5 cm³/mol. The van der Waals surface area contributed by atoms with Gasteiger partial charge in [-0.1, -0.05) is 35.5 Å². The quantitative estimate of drug-likeness (QED) is 0.648. The molecule has 26 heavy (non-hydrogen) atoms. The van der Waals surface area contributed by atoms with E-state index in [2.05, 4.69) is 20.8 Å². The lowest BCUT2D eigenvalue weighted by molar-refractivity contribution is -0.113. The average molecular weight is 394 g/mol. The second-order valence-corrected chi connectivity index (χ2v) is 6.39. The molecule has 0 fully saturated rings. The first-order chi connectivity index (χ1) is 12.6. The zero-order valence-electron chi connectivity index (χ0n) is 13.5. The van der Waals surface area contributed by atoms with Crippen LogP contribution in [0.2, 0.25) is 5.02 Å². The summed E-state index contributed by atoms with van der Waals surface area (Å²) in [5, 5.41) is 14.6. The van der Waals surface area contributed by atoms with Gasteiger partial charge in [0.1, 0.15) is 17.3 Å². The van der Waals surface area contributed by atoms with E-state index in [1.165, 1.54) is 16.8 Å². The Hall–Kier alpha value is -2.65. The van der Waals surface area contributed by atoms with Gasteiger partial charge in [0.2, 0.25) is 11.1 Å². The molecule has 0 saturated carbocycles. The van der Waals surface area contributed by atoms with E-state index >= 15 is 0 Å². The maximum atomic E-state index is 13.7. The summed E-state index contributed by atoms with van der Waals surface area (Å²) in [7, 11) is 1.55. The number of halogens is 2. The molecule has 1 aromatic heterocycles. The maximum absolute atomic E-state index is 13.7. The van der Waals surface area contributed by atoms with Gasteiger partial charge in [0.05, 0.1) is 18.6 Å². The third-order valence-corrected chi connectivity index (χ3v) is 4.45. The number of nitrogens with one attached hydrogen (secondary N) is 1. The molecule has 0 aliphatic heterocycles. The topological polar surface area (TPSA) is 81.9 Å². The van der Waals surface area contributed by atoms with E-state index in [1.54, 1.807) is 19.2 Å². The van der Waals surface area contributed by atoms with Gasteiger partial charge in [-0.15, -0.1) is 5.10 Å². The molecule has 3 rings (SSSR count). The number of nitrogens with zero attached hydrogens (tertiary/aromatic N) is 4. The fraction of sp³-hybridized carbons (Fsp3) is 0.125. The van der Waals surface area contributed by atoms with Gasteiger partial charge in [0.15, 0.2) is 0 Å². The fourth-order valence-electron chi connectivity index (χ4n) is 2.13. The number of hydrogen-bond donors (Lipinski definition) is 1. The smallest absolute Gasteiger partial charge is 0.234 e. The SMILES string of the molecule is COc1ccccc1-n1nnnc1SCC(=O)Nc1ccc(Cl)cc1F. The second-order valence-electron chi connectivity index (χ2n) is 5.01. The lowest BCUT2D eigenvalue weighted by atomic mass is 10.3. The van der Waals surface area contributed by atoms with Gasteiger partial charge in [0, 0.05) is 5.02 Å². The number of ether oxygens (including phenoxy) is 1. The number of thioether (sulfide) groups is 1. The minimum Gasteiger partial charge on any atom is -0.494 e.